The third-order valence-corrected chi connectivity index (χ3v) is 2.98. The molecular weight excluding hydrogens is 250 g/mol. The van der Waals surface area contributed by atoms with Gasteiger partial charge in [0.2, 0.25) is 0 Å². The first-order chi connectivity index (χ1) is 7.72. The van der Waals surface area contributed by atoms with Gasteiger partial charge < -0.3 is 10.1 Å². The van der Waals surface area contributed by atoms with Crippen molar-refractivity contribution in [3.05, 3.63) is 0 Å². The van der Waals surface area contributed by atoms with Crippen molar-refractivity contribution >= 4 is 12.4 Å². The standard InChI is InChI=1S/C11H22F2N2O.ClH/c1-16-7-6-15(9-11(12)13)8-10-2-4-14-5-3-10;/h10-11,14H,2-9H2,1H3;1H. The highest BCUT2D eigenvalue weighted by molar-refractivity contribution is 5.85. The molecule has 0 saturated carbocycles. The number of halogens is 3. The van der Waals surface area contributed by atoms with E-state index in [0.29, 0.717) is 19.1 Å². The molecule has 0 bridgehead atoms. The predicted molar refractivity (Wildman–Crippen MR) is 67.2 cm³/mol. The van der Waals surface area contributed by atoms with Crippen molar-refractivity contribution in [1.82, 2.24) is 10.2 Å². The molecule has 1 aliphatic rings. The monoisotopic (exact) mass is 272 g/mol. The van der Waals surface area contributed by atoms with Crippen molar-refractivity contribution in [2.24, 2.45) is 5.92 Å². The Morgan fingerprint density at radius 2 is 2.00 bits per heavy atom. The van der Waals surface area contributed by atoms with Gasteiger partial charge in [0.25, 0.3) is 6.43 Å². The second-order valence-corrected chi connectivity index (χ2v) is 4.34. The predicted octanol–water partition coefficient (Wildman–Crippen LogP) is 1.62. The Kier molecular flexibility index (Phi) is 10.0. The Labute approximate surface area is 108 Å². The van der Waals surface area contributed by atoms with Crippen LogP contribution < -0.4 is 5.32 Å². The molecule has 1 aliphatic heterocycles. The Morgan fingerprint density at radius 3 is 2.53 bits per heavy atom. The van der Waals surface area contributed by atoms with Crippen LogP contribution in [0.1, 0.15) is 12.8 Å². The molecule has 3 nitrogen and oxygen atoms in total. The molecule has 0 atom stereocenters. The zero-order valence-electron chi connectivity index (χ0n) is 10.3. The lowest BCUT2D eigenvalue weighted by Gasteiger charge is -2.29. The van der Waals surface area contributed by atoms with Gasteiger partial charge in [-0.3, -0.25) is 4.90 Å². The summed E-state index contributed by atoms with van der Waals surface area (Å²) < 4.78 is 29.7. The summed E-state index contributed by atoms with van der Waals surface area (Å²) in [4.78, 5) is 1.82. The van der Waals surface area contributed by atoms with E-state index < -0.39 is 6.43 Å². The second kappa shape index (κ2) is 10.00. The highest BCUT2D eigenvalue weighted by Gasteiger charge is 2.19. The lowest BCUT2D eigenvalue weighted by Crippen LogP contribution is -2.39. The lowest BCUT2D eigenvalue weighted by molar-refractivity contribution is 0.0596. The minimum atomic E-state index is -2.25. The zero-order chi connectivity index (χ0) is 11.8. The van der Waals surface area contributed by atoms with Gasteiger partial charge in [0, 0.05) is 20.2 Å². The summed E-state index contributed by atoms with van der Waals surface area (Å²) in [5.41, 5.74) is 0. The summed E-state index contributed by atoms with van der Waals surface area (Å²) >= 11 is 0. The summed E-state index contributed by atoms with van der Waals surface area (Å²) in [7, 11) is 1.60. The first kappa shape index (κ1) is 17.0. The zero-order valence-corrected chi connectivity index (χ0v) is 11.1. The number of nitrogens with zero attached hydrogens (tertiary/aromatic N) is 1. The van der Waals surface area contributed by atoms with E-state index >= 15 is 0 Å². The van der Waals surface area contributed by atoms with E-state index in [4.69, 9.17) is 4.74 Å². The highest BCUT2D eigenvalue weighted by atomic mass is 35.5. The summed E-state index contributed by atoms with van der Waals surface area (Å²) in [6.45, 7) is 3.79. The molecule has 0 radical (unpaired) electrons. The largest absolute Gasteiger partial charge is 0.383 e. The molecule has 0 aromatic carbocycles. The van der Waals surface area contributed by atoms with Gasteiger partial charge in [-0.1, -0.05) is 0 Å². The smallest absolute Gasteiger partial charge is 0.251 e. The Hall–Kier alpha value is 0.0300. The second-order valence-electron chi connectivity index (χ2n) is 4.34. The fourth-order valence-electron chi connectivity index (χ4n) is 2.10. The maximum Gasteiger partial charge on any atom is 0.251 e. The average molecular weight is 273 g/mol. The van der Waals surface area contributed by atoms with Crippen LogP contribution in [0.4, 0.5) is 8.78 Å². The number of hydrogen-bond donors (Lipinski definition) is 1. The van der Waals surface area contributed by atoms with Crippen LogP contribution >= 0.6 is 12.4 Å². The van der Waals surface area contributed by atoms with E-state index in [9.17, 15) is 8.78 Å². The van der Waals surface area contributed by atoms with Crippen molar-refractivity contribution in [3.8, 4) is 0 Å². The molecule has 1 rings (SSSR count). The Morgan fingerprint density at radius 1 is 1.35 bits per heavy atom. The van der Waals surface area contributed by atoms with Gasteiger partial charge in [0.15, 0.2) is 0 Å². The van der Waals surface area contributed by atoms with Crippen molar-refractivity contribution in [2.45, 2.75) is 19.3 Å². The Balaban J connectivity index is 0.00000256. The van der Waals surface area contributed by atoms with Gasteiger partial charge in [0.1, 0.15) is 0 Å². The van der Waals surface area contributed by atoms with Crippen LogP contribution in [-0.4, -0.2) is 57.8 Å². The average Bonchev–Trinajstić information content (AvgIpc) is 2.26. The SMILES string of the molecule is COCCN(CC(F)F)CC1CCNCC1.Cl. The van der Waals surface area contributed by atoms with Gasteiger partial charge in [-0.05, 0) is 31.8 Å². The molecule has 0 aromatic rings. The van der Waals surface area contributed by atoms with Crippen LogP contribution in [0.5, 0.6) is 0 Å². The summed E-state index contributed by atoms with van der Waals surface area (Å²) in [6.07, 6.45) is -0.0713. The van der Waals surface area contributed by atoms with Crippen molar-refractivity contribution in [2.75, 3.05) is 46.4 Å². The molecule has 0 aliphatic carbocycles. The van der Waals surface area contributed by atoms with E-state index in [1.165, 1.54) is 0 Å². The maximum atomic E-state index is 12.4. The summed E-state index contributed by atoms with van der Waals surface area (Å²) in [6, 6.07) is 0. The first-order valence-electron chi connectivity index (χ1n) is 5.92. The molecule has 1 heterocycles. The minimum Gasteiger partial charge on any atom is -0.383 e. The Bertz CT molecular complexity index is 181. The molecule has 0 amide bonds. The van der Waals surface area contributed by atoms with E-state index in [1.807, 2.05) is 4.90 Å². The first-order valence-corrected chi connectivity index (χ1v) is 5.92. The molecule has 0 spiro atoms. The number of alkyl halides is 2. The van der Waals surface area contributed by atoms with Gasteiger partial charge in [-0.2, -0.15) is 0 Å². The van der Waals surface area contributed by atoms with Crippen LogP contribution in [0.3, 0.4) is 0 Å². The highest BCUT2D eigenvalue weighted by Crippen LogP contribution is 2.14. The molecule has 1 fully saturated rings. The summed E-state index contributed by atoms with van der Waals surface area (Å²) in [5, 5.41) is 3.28. The van der Waals surface area contributed by atoms with Gasteiger partial charge in [-0.15, -0.1) is 12.4 Å². The summed E-state index contributed by atoms with van der Waals surface area (Å²) in [5.74, 6) is 0.553. The molecule has 1 saturated heterocycles. The molecule has 0 unspecified atom stereocenters. The number of piperidine rings is 1. The van der Waals surface area contributed by atoms with Gasteiger partial charge in [0.05, 0.1) is 13.2 Å². The van der Waals surface area contributed by atoms with E-state index in [2.05, 4.69) is 5.32 Å². The third kappa shape index (κ3) is 7.86. The molecule has 0 aromatic heterocycles. The molecule has 104 valence electrons. The number of rotatable bonds is 7. The van der Waals surface area contributed by atoms with Gasteiger partial charge in [-0.25, -0.2) is 8.78 Å². The number of nitrogens with one attached hydrogen (secondary N) is 1. The number of hydrogen-bond acceptors (Lipinski definition) is 3. The van der Waals surface area contributed by atoms with E-state index in [0.717, 1.165) is 32.5 Å². The van der Waals surface area contributed by atoms with E-state index in [-0.39, 0.29) is 19.0 Å². The molecule has 17 heavy (non-hydrogen) atoms. The fourth-order valence-corrected chi connectivity index (χ4v) is 2.10. The maximum absolute atomic E-state index is 12.4. The van der Waals surface area contributed by atoms with Crippen LogP contribution in [0.2, 0.25) is 0 Å². The minimum absolute atomic E-state index is 0. The fraction of sp³-hybridized carbons (Fsp3) is 1.00. The van der Waals surface area contributed by atoms with Crippen LogP contribution in [0.15, 0.2) is 0 Å². The molecule has 1 N–H and O–H groups in total. The quantitative estimate of drug-likeness (QED) is 0.762. The van der Waals surface area contributed by atoms with Crippen molar-refractivity contribution < 1.29 is 13.5 Å². The van der Waals surface area contributed by atoms with Crippen LogP contribution in [-0.2, 0) is 4.74 Å². The molecular formula is C11H23ClF2N2O. The van der Waals surface area contributed by atoms with Crippen LogP contribution in [0, 0.1) is 5.92 Å². The third-order valence-electron chi connectivity index (χ3n) is 2.98. The van der Waals surface area contributed by atoms with Crippen molar-refractivity contribution in [1.29, 1.82) is 0 Å². The van der Waals surface area contributed by atoms with Crippen molar-refractivity contribution in [3.63, 3.8) is 0 Å². The molecule has 6 heteroatoms. The normalized spacial score (nSPS) is 17.5. The van der Waals surface area contributed by atoms with Crippen LogP contribution in [0.25, 0.3) is 0 Å². The number of methoxy groups -OCH3 is 1. The van der Waals surface area contributed by atoms with E-state index in [1.54, 1.807) is 7.11 Å². The topological polar surface area (TPSA) is 24.5 Å². The van der Waals surface area contributed by atoms with Gasteiger partial charge >= 0.3 is 0 Å². The lowest BCUT2D eigenvalue weighted by atomic mass is 9.97. The number of ether oxygens (including phenoxy) is 1.